The van der Waals surface area contributed by atoms with E-state index in [4.69, 9.17) is 37.1 Å². The highest BCUT2D eigenvalue weighted by molar-refractivity contribution is 14.2. The first-order valence-electron chi connectivity index (χ1n) is 15.1. The summed E-state index contributed by atoms with van der Waals surface area (Å²) in [5, 5.41) is 34.8. The topological polar surface area (TPSA) is 243 Å². The van der Waals surface area contributed by atoms with E-state index in [1.54, 1.807) is 71.7 Å². The van der Waals surface area contributed by atoms with Crippen molar-refractivity contribution in [2.24, 2.45) is 0 Å². The number of hydrogen-bond donors (Lipinski definition) is 5. The number of phenolic OH excluding ortho intramolecular Hbond substituents is 2. The number of aromatic nitrogens is 1. The minimum Gasteiger partial charge on any atom is -0.506 e. The molecule has 5 rings (SSSR count). The number of aromatic hydroxyl groups is 2. The number of hydrogen-bond acceptors (Lipinski definition) is 10. The van der Waals surface area contributed by atoms with Gasteiger partial charge in [0, 0.05) is 29.5 Å². The van der Waals surface area contributed by atoms with Crippen LogP contribution in [-0.2, 0) is 0 Å². The highest BCUT2D eigenvalue weighted by Gasteiger charge is 1.99. The second kappa shape index (κ2) is 51.5. The molecule has 0 aliphatic rings. The average molecular weight is 1020 g/mol. The standard InChI is InChI=1S/C7H6N2O.C6H5NO2.2C6H7NO.4C2H6.CBrN.CH2I2.2CH4.H2O.H2/c8-7-9-5-3-1-2-4-6(5)10-7;8-7(9)6-4-2-1-3-5-6;2*7-5-3-1-2-4-6(5)8;4*1-2;2*2-1-3;;;;/h1-4H,(H2,8,9);1-5H;2*1-4,8H,7H2;4*1-2H3;;1H2;2*1H4;1H2;1H. The molecule has 1 aromatic heterocycles. The second-order valence-corrected chi connectivity index (χ2v) is 11.7. The minimum absolute atomic E-state index is 0. The van der Waals surface area contributed by atoms with Gasteiger partial charge >= 0.3 is 0 Å². The number of nitrogens with zero attached hydrogens (tertiary/aromatic N) is 3. The molecule has 0 aliphatic carbocycles. The molecule has 10 N–H and O–H groups in total. The van der Waals surface area contributed by atoms with Gasteiger partial charge in [-0.1, -0.05) is 170 Å². The van der Waals surface area contributed by atoms with Gasteiger partial charge in [0.1, 0.15) is 22.0 Å². The predicted molar refractivity (Wildman–Crippen MR) is 249 cm³/mol. The number of non-ortho nitro benzene ring substituents is 1. The number of rotatable bonds is 1. The number of alkyl halides is 2. The summed E-state index contributed by atoms with van der Waals surface area (Å²) in [6.07, 6.45) is 0. The molecule has 0 spiro atoms. The Kier molecular flexibility index (Phi) is 65.8. The quantitative estimate of drug-likeness (QED) is 0.0265. The Balaban J connectivity index is -0.0000000612. The minimum atomic E-state index is -0.417. The Morgan fingerprint density at radius 3 is 1.33 bits per heavy atom. The summed E-state index contributed by atoms with van der Waals surface area (Å²) in [6.45, 7) is 16.0. The van der Waals surface area contributed by atoms with E-state index >= 15 is 0 Å². The number of nitrogen functional groups attached to an aromatic ring is 3. The molecule has 15 heteroatoms. The third kappa shape index (κ3) is 38.9. The third-order valence-electron chi connectivity index (χ3n) is 4.15. The molecule has 0 bridgehead atoms. The summed E-state index contributed by atoms with van der Waals surface area (Å²) in [4.78, 5) is 15.1. The van der Waals surface area contributed by atoms with Gasteiger partial charge in [0.05, 0.1) is 18.7 Å². The van der Waals surface area contributed by atoms with Crippen molar-refractivity contribution < 1.29 is 26.5 Å². The zero-order valence-electron chi connectivity index (χ0n) is 29.8. The van der Waals surface area contributed by atoms with E-state index in [1.807, 2.05) is 79.7 Å². The molecular weight excluding hydrogens is 958 g/mol. The van der Waals surface area contributed by atoms with Crippen LogP contribution >= 0.6 is 61.1 Å². The van der Waals surface area contributed by atoms with Gasteiger partial charge in [-0.2, -0.15) is 10.2 Å². The second-order valence-electron chi connectivity index (χ2n) is 6.92. The lowest BCUT2D eigenvalue weighted by atomic mass is 10.3. The first-order valence-corrected chi connectivity index (χ1v) is 18.9. The molecule has 0 saturated heterocycles. The first kappa shape index (κ1) is 66.4. The molecule has 0 fully saturated rings. The molecule has 4 aromatic carbocycles. The van der Waals surface area contributed by atoms with Crippen LogP contribution < -0.4 is 17.2 Å². The number of halogens is 3. The van der Waals surface area contributed by atoms with Crippen LogP contribution in [-0.4, -0.2) is 28.0 Å². The van der Waals surface area contributed by atoms with Crippen molar-refractivity contribution in [2.45, 2.75) is 70.2 Å². The van der Waals surface area contributed by atoms with Crippen LogP contribution in [0, 0.1) is 20.4 Å². The number of para-hydroxylation sites is 7. The van der Waals surface area contributed by atoms with Crippen molar-refractivity contribution in [3.63, 3.8) is 0 Å². The summed E-state index contributed by atoms with van der Waals surface area (Å²) in [7, 11) is 0. The number of nitro groups is 1. The Bertz CT molecular complexity index is 1370. The predicted octanol–water partition coefficient (Wildman–Crippen LogP) is 12.4. The van der Waals surface area contributed by atoms with Gasteiger partial charge in [0.25, 0.3) is 11.7 Å². The molecule has 0 amide bonds. The maximum Gasteiger partial charge on any atom is 0.292 e. The van der Waals surface area contributed by atoms with Crippen LogP contribution in [0.15, 0.2) is 108 Å². The Labute approximate surface area is 349 Å². The number of benzene rings is 4. The molecule has 0 radical (unpaired) electrons. The monoisotopic (exact) mass is 1020 g/mol. The number of nitriles is 1. The van der Waals surface area contributed by atoms with Gasteiger partial charge in [-0.3, -0.25) is 10.1 Å². The van der Waals surface area contributed by atoms with Gasteiger partial charge < -0.3 is 37.3 Å². The van der Waals surface area contributed by atoms with E-state index < -0.39 is 4.92 Å². The fourth-order valence-electron chi connectivity index (χ4n) is 2.41. The maximum absolute atomic E-state index is 10.0. The van der Waals surface area contributed by atoms with Crippen molar-refractivity contribution >= 4 is 95.3 Å². The van der Waals surface area contributed by atoms with Gasteiger partial charge in [-0.15, -0.1) is 0 Å². The fourth-order valence-corrected chi connectivity index (χ4v) is 2.41. The van der Waals surface area contributed by atoms with Crippen LogP contribution in [0.4, 0.5) is 23.1 Å². The smallest absolute Gasteiger partial charge is 0.292 e. The Hall–Kier alpha value is -3.86. The fraction of sp³-hybridized carbons (Fsp3) is 0.297. The summed E-state index contributed by atoms with van der Waals surface area (Å²) in [5.74, 6) is 0.292. The van der Waals surface area contributed by atoms with E-state index in [0.29, 0.717) is 11.4 Å². The van der Waals surface area contributed by atoms with Crippen LogP contribution in [0.25, 0.3) is 11.1 Å². The van der Waals surface area contributed by atoms with Gasteiger partial charge in [0.2, 0.25) is 0 Å². The van der Waals surface area contributed by atoms with Crippen LogP contribution in [0.3, 0.4) is 0 Å². The highest BCUT2D eigenvalue weighted by atomic mass is 127. The summed E-state index contributed by atoms with van der Waals surface area (Å²) in [6, 6.07) is 29.0. The normalized spacial score (nSPS) is 7.27. The van der Waals surface area contributed by atoms with E-state index in [0.717, 1.165) is 11.1 Å². The number of fused-ring (bicyclic) bond motifs is 1. The molecule has 0 unspecified atom stereocenters. The number of oxazole rings is 1. The van der Waals surface area contributed by atoms with Crippen molar-refractivity contribution in [1.29, 1.82) is 5.26 Å². The zero-order chi connectivity index (χ0) is 39.0. The lowest BCUT2D eigenvalue weighted by Gasteiger charge is -1.92. The largest absolute Gasteiger partial charge is 0.506 e. The third-order valence-corrected chi connectivity index (χ3v) is 4.15. The Morgan fingerprint density at radius 2 is 1.06 bits per heavy atom. The molecule has 12 nitrogen and oxygen atoms in total. The summed E-state index contributed by atoms with van der Waals surface area (Å²) < 4.78 is 6.22. The van der Waals surface area contributed by atoms with Crippen LogP contribution in [0.2, 0.25) is 0 Å². The molecule has 1 heterocycles. The summed E-state index contributed by atoms with van der Waals surface area (Å²) in [5.41, 5.74) is 18.4. The van der Waals surface area contributed by atoms with Crippen molar-refractivity contribution in [2.75, 3.05) is 19.6 Å². The summed E-state index contributed by atoms with van der Waals surface area (Å²) >= 11 is 7.00. The van der Waals surface area contributed by atoms with Crippen LogP contribution in [0.1, 0.15) is 71.7 Å². The average Bonchev–Trinajstić information content (AvgIpc) is 3.53. The first-order chi connectivity index (χ1) is 23.6. The van der Waals surface area contributed by atoms with Gasteiger partial charge in [-0.25, -0.2) is 0 Å². The van der Waals surface area contributed by atoms with Crippen molar-refractivity contribution in [1.82, 2.24) is 4.98 Å². The zero-order valence-corrected chi connectivity index (χ0v) is 35.7. The van der Waals surface area contributed by atoms with E-state index in [9.17, 15) is 10.1 Å². The number of anilines is 3. The maximum atomic E-state index is 10.0. The molecule has 0 atom stereocenters. The Morgan fingerprint density at radius 1 is 0.750 bits per heavy atom. The van der Waals surface area contributed by atoms with Crippen molar-refractivity contribution in [3.05, 3.63) is 113 Å². The molecule has 0 saturated carbocycles. The molecule has 298 valence electrons. The number of nitro benzene ring substituents is 1. The van der Waals surface area contributed by atoms with Gasteiger partial charge in [0.15, 0.2) is 5.58 Å². The van der Waals surface area contributed by atoms with E-state index in [2.05, 4.69) is 66.1 Å². The molecule has 0 aliphatic heterocycles. The molecular formula is C37H63BrI2N6O6. The van der Waals surface area contributed by atoms with E-state index in [1.165, 1.54) is 14.6 Å². The molecule has 5 aromatic rings. The van der Waals surface area contributed by atoms with Crippen LogP contribution in [0.5, 0.6) is 11.5 Å². The number of nitrogens with two attached hydrogens (primary N) is 3. The lowest BCUT2D eigenvalue weighted by molar-refractivity contribution is -0.384. The highest BCUT2D eigenvalue weighted by Crippen LogP contribution is 2.17. The van der Waals surface area contributed by atoms with E-state index in [-0.39, 0.29) is 45.0 Å². The SMILES string of the molecule is C.C.CC.CC.CC.CC.ICI.N#CBr.Nc1ccccc1O.Nc1ccccc1O.Nc1nc2ccccc2o1.O.O=[N+]([O-])c1ccccc1.[HH]. The number of phenols is 2. The van der Waals surface area contributed by atoms with Gasteiger partial charge in [-0.05, 0) is 36.4 Å². The lowest BCUT2D eigenvalue weighted by Crippen LogP contribution is -1.84. The molecule has 52 heavy (non-hydrogen) atoms. The van der Waals surface area contributed by atoms with Crippen molar-refractivity contribution in [3.8, 4) is 16.5 Å².